The Bertz CT molecular complexity index is 594. The van der Waals surface area contributed by atoms with Crippen LogP contribution < -0.4 is 11.1 Å². The SMILES string of the molecule is CCNc1nnc(-c2cc(N)c(F)cc2F)n1CC. The second-order valence-corrected chi connectivity index (χ2v) is 3.98. The lowest BCUT2D eigenvalue weighted by atomic mass is 10.1. The standard InChI is InChI=1S/C12H15F2N5/c1-3-16-12-18-17-11(19(12)4-2)7-5-10(15)9(14)6-8(7)13/h5-6H,3-4,15H2,1-2H3,(H,16,18). The highest BCUT2D eigenvalue weighted by atomic mass is 19.1. The Morgan fingerprint density at radius 1 is 1.21 bits per heavy atom. The fourth-order valence-corrected chi connectivity index (χ4v) is 1.83. The molecule has 19 heavy (non-hydrogen) atoms. The summed E-state index contributed by atoms with van der Waals surface area (Å²) in [5.74, 6) is -0.627. The van der Waals surface area contributed by atoms with E-state index >= 15 is 0 Å². The van der Waals surface area contributed by atoms with Crippen LogP contribution in [0.25, 0.3) is 11.4 Å². The van der Waals surface area contributed by atoms with Crippen LogP contribution in [0.5, 0.6) is 0 Å². The molecule has 102 valence electrons. The van der Waals surface area contributed by atoms with Crippen molar-refractivity contribution in [3.05, 3.63) is 23.8 Å². The third-order valence-electron chi connectivity index (χ3n) is 2.73. The number of nitrogens with one attached hydrogen (secondary N) is 1. The number of nitrogens with zero attached hydrogens (tertiary/aromatic N) is 3. The maximum absolute atomic E-state index is 13.8. The van der Waals surface area contributed by atoms with Gasteiger partial charge >= 0.3 is 0 Å². The van der Waals surface area contributed by atoms with Gasteiger partial charge in [0.2, 0.25) is 5.95 Å². The minimum atomic E-state index is -0.782. The molecule has 2 rings (SSSR count). The molecule has 0 amide bonds. The second-order valence-electron chi connectivity index (χ2n) is 3.98. The summed E-state index contributed by atoms with van der Waals surface area (Å²) in [5.41, 5.74) is 5.49. The molecule has 0 aliphatic heterocycles. The minimum absolute atomic E-state index is 0.118. The molecule has 0 atom stereocenters. The molecule has 0 unspecified atom stereocenters. The lowest BCUT2D eigenvalue weighted by Crippen LogP contribution is -2.07. The van der Waals surface area contributed by atoms with Crippen molar-refractivity contribution in [1.82, 2.24) is 14.8 Å². The molecule has 2 aromatic rings. The Labute approximate surface area is 109 Å². The predicted octanol–water partition coefficient (Wildman–Crippen LogP) is 2.26. The van der Waals surface area contributed by atoms with Crippen LogP contribution in [-0.2, 0) is 6.54 Å². The quantitative estimate of drug-likeness (QED) is 0.834. The van der Waals surface area contributed by atoms with E-state index in [4.69, 9.17) is 5.73 Å². The van der Waals surface area contributed by atoms with Crippen LogP contribution in [0.3, 0.4) is 0 Å². The van der Waals surface area contributed by atoms with Crippen molar-refractivity contribution in [3.8, 4) is 11.4 Å². The molecule has 0 aliphatic rings. The van der Waals surface area contributed by atoms with E-state index in [1.54, 1.807) is 4.57 Å². The minimum Gasteiger partial charge on any atom is -0.396 e. The Morgan fingerprint density at radius 3 is 2.58 bits per heavy atom. The molecule has 3 N–H and O–H groups in total. The van der Waals surface area contributed by atoms with E-state index in [0.717, 1.165) is 6.07 Å². The summed E-state index contributed by atoms with van der Waals surface area (Å²) in [4.78, 5) is 0. The van der Waals surface area contributed by atoms with Crippen molar-refractivity contribution in [2.45, 2.75) is 20.4 Å². The van der Waals surface area contributed by atoms with Gasteiger partial charge in [-0.15, -0.1) is 10.2 Å². The average molecular weight is 267 g/mol. The van der Waals surface area contributed by atoms with Crippen LogP contribution in [0.15, 0.2) is 12.1 Å². The second kappa shape index (κ2) is 5.21. The number of benzene rings is 1. The zero-order valence-corrected chi connectivity index (χ0v) is 10.7. The van der Waals surface area contributed by atoms with E-state index in [1.165, 1.54) is 6.07 Å². The third kappa shape index (κ3) is 2.35. The van der Waals surface area contributed by atoms with Gasteiger partial charge in [0.15, 0.2) is 5.82 Å². The van der Waals surface area contributed by atoms with Crippen LogP contribution in [0.4, 0.5) is 20.4 Å². The monoisotopic (exact) mass is 267 g/mol. The summed E-state index contributed by atoms with van der Waals surface area (Å²) in [7, 11) is 0. The molecule has 7 heteroatoms. The van der Waals surface area contributed by atoms with E-state index in [9.17, 15) is 8.78 Å². The summed E-state index contributed by atoms with van der Waals surface area (Å²) in [5, 5.41) is 10.9. The highest BCUT2D eigenvalue weighted by Gasteiger charge is 2.17. The molecule has 0 spiro atoms. The summed E-state index contributed by atoms with van der Waals surface area (Å²) in [6, 6.07) is 1.99. The van der Waals surface area contributed by atoms with Crippen molar-refractivity contribution in [2.24, 2.45) is 0 Å². The summed E-state index contributed by atoms with van der Waals surface area (Å²) in [6.45, 7) is 5.04. The first-order chi connectivity index (χ1) is 9.08. The predicted molar refractivity (Wildman–Crippen MR) is 69.6 cm³/mol. The van der Waals surface area contributed by atoms with Gasteiger partial charge in [0.1, 0.15) is 11.6 Å². The average Bonchev–Trinajstić information content (AvgIpc) is 2.77. The summed E-state index contributed by atoms with van der Waals surface area (Å²) in [6.07, 6.45) is 0. The lowest BCUT2D eigenvalue weighted by Gasteiger charge is -2.09. The maximum Gasteiger partial charge on any atom is 0.224 e. The van der Waals surface area contributed by atoms with Gasteiger partial charge < -0.3 is 11.1 Å². The molecule has 0 radical (unpaired) electrons. The molecule has 0 saturated carbocycles. The number of hydrogen-bond donors (Lipinski definition) is 2. The largest absolute Gasteiger partial charge is 0.396 e. The van der Waals surface area contributed by atoms with Gasteiger partial charge in [-0.3, -0.25) is 4.57 Å². The number of halogens is 2. The summed E-state index contributed by atoms with van der Waals surface area (Å²) < 4.78 is 28.7. The van der Waals surface area contributed by atoms with Gasteiger partial charge in [-0.05, 0) is 19.9 Å². The Hall–Kier alpha value is -2.18. The van der Waals surface area contributed by atoms with E-state index in [2.05, 4.69) is 15.5 Å². The van der Waals surface area contributed by atoms with Crippen molar-refractivity contribution in [2.75, 3.05) is 17.6 Å². The van der Waals surface area contributed by atoms with Crippen LogP contribution in [0.1, 0.15) is 13.8 Å². The molecule has 0 aliphatic carbocycles. The topological polar surface area (TPSA) is 68.8 Å². The zero-order chi connectivity index (χ0) is 14.0. The van der Waals surface area contributed by atoms with Crippen molar-refractivity contribution in [3.63, 3.8) is 0 Å². The molecule has 0 fully saturated rings. The molecule has 0 bridgehead atoms. The van der Waals surface area contributed by atoms with Crippen LogP contribution in [-0.4, -0.2) is 21.3 Å². The highest BCUT2D eigenvalue weighted by molar-refractivity contribution is 5.64. The summed E-state index contributed by atoms with van der Waals surface area (Å²) >= 11 is 0. The van der Waals surface area contributed by atoms with E-state index in [1.807, 2.05) is 13.8 Å². The molecule has 1 aromatic carbocycles. The fourth-order valence-electron chi connectivity index (χ4n) is 1.83. The molecule has 1 aromatic heterocycles. The Balaban J connectivity index is 2.56. The van der Waals surface area contributed by atoms with Crippen molar-refractivity contribution >= 4 is 11.6 Å². The molecule has 5 nitrogen and oxygen atoms in total. The number of nitrogen functional groups attached to an aromatic ring is 1. The maximum atomic E-state index is 13.8. The van der Waals surface area contributed by atoms with Gasteiger partial charge in [-0.1, -0.05) is 0 Å². The lowest BCUT2D eigenvalue weighted by molar-refractivity contribution is 0.586. The number of rotatable bonds is 4. The van der Waals surface area contributed by atoms with Crippen molar-refractivity contribution < 1.29 is 8.78 Å². The van der Waals surface area contributed by atoms with Crippen LogP contribution >= 0.6 is 0 Å². The van der Waals surface area contributed by atoms with Crippen LogP contribution in [0, 0.1) is 11.6 Å². The first-order valence-electron chi connectivity index (χ1n) is 6.00. The zero-order valence-electron chi connectivity index (χ0n) is 10.7. The van der Waals surface area contributed by atoms with Gasteiger partial charge in [0, 0.05) is 19.2 Å². The Morgan fingerprint density at radius 2 is 1.95 bits per heavy atom. The number of hydrogen-bond acceptors (Lipinski definition) is 4. The van der Waals surface area contributed by atoms with Gasteiger partial charge in [0.05, 0.1) is 11.3 Å². The van der Waals surface area contributed by atoms with Gasteiger partial charge in [-0.2, -0.15) is 0 Å². The smallest absolute Gasteiger partial charge is 0.224 e. The molecule has 1 heterocycles. The van der Waals surface area contributed by atoms with Gasteiger partial charge in [0.25, 0.3) is 0 Å². The number of aromatic nitrogens is 3. The number of nitrogens with two attached hydrogens (primary N) is 1. The Kier molecular flexibility index (Phi) is 3.64. The highest BCUT2D eigenvalue weighted by Crippen LogP contribution is 2.27. The molecular weight excluding hydrogens is 252 g/mol. The van der Waals surface area contributed by atoms with Crippen LogP contribution in [0.2, 0.25) is 0 Å². The van der Waals surface area contributed by atoms with E-state index in [-0.39, 0.29) is 11.3 Å². The number of anilines is 2. The molecule has 0 saturated heterocycles. The fraction of sp³-hybridized carbons (Fsp3) is 0.333. The van der Waals surface area contributed by atoms with E-state index < -0.39 is 11.6 Å². The normalized spacial score (nSPS) is 10.7. The van der Waals surface area contributed by atoms with Crippen molar-refractivity contribution in [1.29, 1.82) is 0 Å². The van der Waals surface area contributed by atoms with Gasteiger partial charge in [-0.25, -0.2) is 8.78 Å². The first-order valence-corrected chi connectivity index (χ1v) is 6.00. The first kappa shape index (κ1) is 13.3. The third-order valence-corrected chi connectivity index (χ3v) is 2.73. The van der Waals surface area contributed by atoms with E-state index in [0.29, 0.717) is 24.9 Å². The molecular formula is C12H15F2N5.